The number of fused-ring (bicyclic) bond motifs is 3. The maximum atomic E-state index is 13.5. The molecule has 31 heavy (non-hydrogen) atoms. The highest BCUT2D eigenvalue weighted by Crippen LogP contribution is 2.34. The Morgan fingerprint density at radius 3 is 2.35 bits per heavy atom. The highest BCUT2D eigenvalue weighted by molar-refractivity contribution is 7.23. The lowest BCUT2D eigenvalue weighted by atomic mass is 10.0. The molecular weight excluding hydrogens is 432 g/mol. The molecule has 2 aromatic heterocycles. The lowest BCUT2D eigenvalue weighted by Crippen LogP contribution is -2.17. The molecule has 0 N–H and O–H groups in total. The van der Waals surface area contributed by atoms with Gasteiger partial charge < -0.3 is 4.74 Å². The Labute approximate surface area is 186 Å². The Hall–Kier alpha value is -3.48. The second-order valence-corrected chi connectivity index (χ2v) is 8.34. The van der Waals surface area contributed by atoms with Gasteiger partial charge in [0.2, 0.25) is 5.78 Å². The van der Waals surface area contributed by atoms with Crippen molar-refractivity contribution in [2.24, 2.45) is 0 Å². The summed E-state index contributed by atoms with van der Waals surface area (Å²) < 4.78 is 7.90. The first kappa shape index (κ1) is 19.5. The number of benzene rings is 3. The standard InChI is InChI=1S/C24H15ClN2O3S/c1-30-17-12-8-15(9-13-17)22(28)23(29)21-20(14-6-10-16(25)11-7-14)26-24-27(21)18-4-2-3-5-19(18)31-24/h2-13H,1H3. The molecule has 0 saturated heterocycles. The predicted octanol–water partition coefficient (Wildman–Crippen LogP) is 5.94. The molecule has 0 amide bonds. The van der Waals surface area contributed by atoms with E-state index in [2.05, 4.69) is 0 Å². The molecule has 0 aliphatic carbocycles. The number of carbonyl (C=O) groups excluding carboxylic acids is 2. The SMILES string of the molecule is COc1ccc(C(=O)C(=O)c2c(-c3ccc(Cl)cc3)nc3sc4ccccc4n23)cc1. The Kier molecular flexibility index (Phi) is 4.81. The first-order chi connectivity index (χ1) is 15.1. The average molecular weight is 447 g/mol. The van der Waals surface area contributed by atoms with E-state index in [0.29, 0.717) is 27.0 Å². The van der Waals surface area contributed by atoms with Gasteiger partial charge in [0.1, 0.15) is 17.1 Å². The number of rotatable bonds is 5. The van der Waals surface area contributed by atoms with Crippen molar-refractivity contribution in [2.75, 3.05) is 7.11 Å². The summed E-state index contributed by atoms with van der Waals surface area (Å²) in [6, 6.07) is 21.3. The second kappa shape index (κ2) is 7.65. The van der Waals surface area contributed by atoms with E-state index in [4.69, 9.17) is 21.3 Å². The zero-order valence-corrected chi connectivity index (χ0v) is 17.9. The quantitative estimate of drug-likeness (QED) is 0.247. The summed E-state index contributed by atoms with van der Waals surface area (Å²) in [6.07, 6.45) is 0. The van der Waals surface area contributed by atoms with Crippen LogP contribution in [0.1, 0.15) is 20.8 Å². The zero-order chi connectivity index (χ0) is 21.5. The van der Waals surface area contributed by atoms with Crippen LogP contribution in [0.25, 0.3) is 26.4 Å². The molecule has 2 heterocycles. The molecule has 0 saturated carbocycles. The van der Waals surface area contributed by atoms with Crippen LogP contribution in [0.5, 0.6) is 5.75 Å². The van der Waals surface area contributed by atoms with Gasteiger partial charge >= 0.3 is 0 Å². The average Bonchev–Trinajstić information content (AvgIpc) is 3.35. The Morgan fingerprint density at radius 2 is 1.65 bits per heavy atom. The number of thiazole rings is 1. The summed E-state index contributed by atoms with van der Waals surface area (Å²) >= 11 is 7.51. The molecule has 0 atom stereocenters. The summed E-state index contributed by atoms with van der Waals surface area (Å²) in [4.78, 5) is 32.0. The fraction of sp³-hybridized carbons (Fsp3) is 0.0417. The third kappa shape index (κ3) is 3.30. The number of nitrogens with zero attached hydrogens (tertiary/aromatic N) is 2. The number of methoxy groups -OCH3 is 1. The minimum Gasteiger partial charge on any atom is -0.497 e. The lowest BCUT2D eigenvalue weighted by molar-refractivity contribution is 0.0814. The first-order valence-electron chi connectivity index (χ1n) is 9.46. The van der Waals surface area contributed by atoms with E-state index in [0.717, 1.165) is 15.8 Å². The summed E-state index contributed by atoms with van der Waals surface area (Å²) in [7, 11) is 1.55. The largest absolute Gasteiger partial charge is 0.497 e. The van der Waals surface area contributed by atoms with Crippen LogP contribution in [0.15, 0.2) is 72.8 Å². The van der Waals surface area contributed by atoms with Crippen LogP contribution < -0.4 is 4.74 Å². The highest BCUT2D eigenvalue weighted by atomic mass is 35.5. The number of ketones is 2. The van der Waals surface area contributed by atoms with Crippen molar-refractivity contribution in [1.82, 2.24) is 9.38 Å². The first-order valence-corrected chi connectivity index (χ1v) is 10.7. The van der Waals surface area contributed by atoms with Crippen LogP contribution in [0.4, 0.5) is 0 Å². The zero-order valence-electron chi connectivity index (χ0n) is 16.3. The fourth-order valence-electron chi connectivity index (χ4n) is 3.52. The Morgan fingerprint density at radius 1 is 0.935 bits per heavy atom. The highest BCUT2D eigenvalue weighted by Gasteiger charge is 2.28. The van der Waals surface area contributed by atoms with Gasteiger partial charge in [0.25, 0.3) is 5.78 Å². The van der Waals surface area contributed by atoms with Crippen LogP contribution >= 0.6 is 22.9 Å². The predicted molar refractivity (Wildman–Crippen MR) is 123 cm³/mol. The molecule has 0 radical (unpaired) electrons. The van der Waals surface area contributed by atoms with Gasteiger partial charge in [-0.05, 0) is 48.5 Å². The van der Waals surface area contributed by atoms with Crippen LogP contribution in [0, 0.1) is 0 Å². The minimum absolute atomic E-state index is 0.246. The third-order valence-corrected chi connectivity index (χ3v) is 6.32. The van der Waals surface area contributed by atoms with Crippen molar-refractivity contribution in [3.63, 3.8) is 0 Å². The van der Waals surface area contributed by atoms with Crippen LogP contribution in [0.2, 0.25) is 5.02 Å². The van der Waals surface area contributed by atoms with Gasteiger partial charge in [-0.1, -0.05) is 47.2 Å². The van der Waals surface area contributed by atoms with Crippen molar-refractivity contribution >= 4 is 49.7 Å². The summed E-state index contributed by atoms with van der Waals surface area (Å²) in [6.45, 7) is 0. The molecule has 0 aliphatic rings. The van der Waals surface area contributed by atoms with Gasteiger partial charge in [-0.3, -0.25) is 14.0 Å². The van der Waals surface area contributed by atoms with Gasteiger partial charge in [0.15, 0.2) is 4.96 Å². The number of Topliss-reactive ketones (excluding diaryl/α,β-unsaturated/α-hetero) is 2. The number of hydrogen-bond donors (Lipinski definition) is 0. The molecule has 5 nitrogen and oxygen atoms in total. The number of halogens is 1. The molecule has 0 aliphatic heterocycles. The minimum atomic E-state index is -0.619. The summed E-state index contributed by atoms with van der Waals surface area (Å²) in [5.41, 5.74) is 2.55. The van der Waals surface area contributed by atoms with E-state index >= 15 is 0 Å². The Bertz CT molecular complexity index is 1450. The number of imidazole rings is 1. The molecule has 0 unspecified atom stereocenters. The maximum Gasteiger partial charge on any atom is 0.252 e. The van der Waals surface area contributed by atoms with E-state index in [1.165, 1.54) is 11.3 Å². The molecular formula is C24H15ClN2O3S. The number of ether oxygens (including phenoxy) is 1. The summed E-state index contributed by atoms with van der Waals surface area (Å²) in [5, 5.41) is 0.581. The molecule has 0 spiro atoms. The second-order valence-electron chi connectivity index (χ2n) is 6.89. The van der Waals surface area contributed by atoms with E-state index < -0.39 is 11.6 Å². The van der Waals surface area contributed by atoms with Crippen molar-refractivity contribution in [3.8, 4) is 17.0 Å². The topological polar surface area (TPSA) is 60.7 Å². The smallest absolute Gasteiger partial charge is 0.252 e. The van der Waals surface area contributed by atoms with Gasteiger partial charge in [-0.15, -0.1) is 0 Å². The molecule has 152 valence electrons. The van der Waals surface area contributed by atoms with Crippen molar-refractivity contribution in [3.05, 3.63) is 89.1 Å². The monoisotopic (exact) mass is 446 g/mol. The van der Waals surface area contributed by atoms with Crippen molar-refractivity contribution in [2.45, 2.75) is 0 Å². The number of aromatic nitrogens is 2. The van der Waals surface area contributed by atoms with Crippen molar-refractivity contribution < 1.29 is 14.3 Å². The van der Waals surface area contributed by atoms with Crippen molar-refractivity contribution in [1.29, 1.82) is 0 Å². The number of hydrogen-bond acceptors (Lipinski definition) is 5. The summed E-state index contributed by atoms with van der Waals surface area (Å²) in [5.74, 6) is -0.609. The molecule has 0 bridgehead atoms. The maximum absolute atomic E-state index is 13.5. The molecule has 7 heteroatoms. The molecule has 3 aromatic carbocycles. The number of para-hydroxylation sites is 1. The van der Waals surface area contributed by atoms with Crippen LogP contribution in [0.3, 0.4) is 0 Å². The molecule has 0 fully saturated rings. The van der Waals surface area contributed by atoms with E-state index in [1.807, 2.05) is 24.3 Å². The lowest BCUT2D eigenvalue weighted by Gasteiger charge is -2.06. The third-order valence-electron chi connectivity index (χ3n) is 5.05. The van der Waals surface area contributed by atoms with Gasteiger partial charge in [0.05, 0.1) is 17.3 Å². The van der Waals surface area contributed by atoms with E-state index in [1.54, 1.807) is 60.0 Å². The van der Waals surface area contributed by atoms with Crippen LogP contribution in [-0.4, -0.2) is 28.1 Å². The number of carbonyl (C=O) groups is 2. The van der Waals surface area contributed by atoms with E-state index in [9.17, 15) is 9.59 Å². The molecule has 5 rings (SSSR count). The van der Waals surface area contributed by atoms with Gasteiger partial charge in [-0.2, -0.15) is 0 Å². The normalized spacial score (nSPS) is 11.2. The van der Waals surface area contributed by atoms with E-state index in [-0.39, 0.29) is 5.69 Å². The molecule has 5 aromatic rings. The van der Waals surface area contributed by atoms with Gasteiger partial charge in [-0.25, -0.2) is 4.98 Å². The van der Waals surface area contributed by atoms with Gasteiger partial charge in [0, 0.05) is 16.1 Å². The Balaban J connectivity index is 1.72. The van der Waals surface area contributed by atoms with Crippen LogP contribution in [-0.2, 0) is 0 Å². The fourth-order valence-corrected chi connectivity index (χ4v) is 4.67.